The second-order valence-corrected chi connectivity index (χ2v) is 3.63. The van der Waals surface area contributed by atoms with Gasteiger partial charge in [0.05, 0.1) is 0 Å². The van der Waals surface area contributed by atoms with Gasteiger partial charge >= 0.3 is 0 Å². The highest BCUT2D eigenvalue weighted by molar-refractivity contribution is 5.92. The number of carbonyl (C=O) groups is 2. The Hall–Kier alpha value is -1.71. The number of hydrogen-bond acceptors (Lipinski definition) is 3. The van der Waals surface area contributed by atoms with Gasteiger partial charge in [0.15, 0.2) is 12.0 Å². The maximum absolute atomic E-state index is 12.6. The van der Waals surface area contributed by atoms with Crippen LogP contribution in [-0.2, 0) is 14.3 Å². The summed E-state index contributed by atoms with van der Waals surface area (Å²) in [5, 5.41) is 0. The second kappa shape index (κ2) is 7.58. The lowest BCUT2D eigenvalue weighted by Crippen LogP contribution is -2.13. The van der Waals surface area contributed by atoms with Crippen LogP contribution in [0.15, 0.2) is 30.3 Å². The summed E-state index contributed by atoms with van der Waals surface area (Å²) in [5.74, 6) is -0.621. The minimum Gasteiger partial charge on any atom is -0.459 e. The predicted octanol–water partition coefficient (Wildman–Crippen LogP) is 2.44. The van der Waals surface area contributed by atoms with E-state index in [2.05, 4.69) is 0 Å². The molecule has 2 atom stereocenters. The number of hydrogen-bond donors (Lipinski definition) is 0. The van der Waals surface area contributed by atoms with Crippen LogP contribution in [0, 0.1) is 19.3 Å². The minimum atomic E-state index is -1.53. The number of benzene rings is 1. The Kier molecular flexibility index (Phi) is 6.05. The van der Waals surface area contributed by atoms with Crippen molar-refractivity contribution >= 4 is 12.3 Å². The molecule has 0 amide bonds. The molecule has 4 heteroatoms. The molecule has 0 saturated carbocycles. The zero-order chi connectivity index (χ0) is 13.4. The Labute approximate surface area is 106 Å². The third kappa shape index (κ3) is 4.65. The summed E-state index contributed by atoms with van der Waals surface area (Å²) in [4.78, 5) is 21.4. The first-order valence-corrected chi connectivity index (χ1v) is 5.48. The molecule has 0 bridgehead atoms. The van der Waals surface area contributed by atoms with Crippen molar-refractivity contribution in [2.45, 2.75) is 19.2 Å². The van der Waals surface area contributed by atoms with E-state index in [1.54, 1.807) is 12.1 Å². The standard InChI is InChI=1S/C14H14FO3/c1-11(15)13(17)8-5-9-14(18-10-16)12-6-3-2-4-7-12/h2-11,14H,1H3/t11-,14+/m1/s1. The first-order chi connectivity index (χ1) is 8.65. The van der Waals surface area contributed by atoms with E-state index in [1.165, 1.54) is 19.8 Å². The van der Waals surface area contributed by atoms with Crippen molar-refractivity contribution in [3.05, 3.63) is 55.2 Å². The lowest BCUT2D eigenvalue weighted by molar-refractivity contribution is -0.132. The molecule has 0 aliphatic rings. The summed E-state index contributed by atoms with van der Waals surface area (Å²) in [6.07, 6.45) is 1.91. The number of rotatable bonds is 8. The van der Waals surface area contributed by atoms with Crippen molar-refractivity contribution in [1.82, 2.24) is 0 Å². The van der Waals surface area contributed by atoms with E-state index in [0.29, 0.717) is 6.47 Å². The summed E-state index contributed by atoms with van der Waals surface area (Å²) in [6, 6.07) is 9.04. The maximum atomic E-state index is 12.6. The fourth-order valence-electron chi connectivity index (χ4n) is 1.32. The van der Waals surface area contributed by atoms with Gasteiger partial charge in [-0.2, -0.15) is 0 Å². The zero-order valence-corrected chi connectivity index (χ0v) is 9.95. The quantitative estimate of drug-likeness (QED) is 0.665. The molecule has 3 radical (unpaired) electrons. The Balaban J connectivity index is 2.49. The van der Waals surface area contributed by atoms with E-state index < -0.39 is 18.1 Å². The predicted molar refractivity (Wildman–Crippen MR) is 64.8 cm³/mol. The van der Waals surface area contributed by atoms with E-state index in [-0.39, 0.29) is 0 Å². The molecule has 1 aromatic rings. The number of Topliss-reactive ketones (excluding diaryl/α,β-unsaturated/α-hetero) is 1. The average Bonchev–Trinajstić information content (AvgIpc) is 2.38. The lowest BCUT2D eigenvalue weighted by Gasteiger charge is -2.14. The number of ether oxygens (including phenoxy) is 1. The highest BCUT2D eigenvalue weighted by atomic mass is 19.1. The van der Waals surface area contributed by atoms with Crippen molar-refractivity contribution in [3.63, 3.8) is 0 Å². The van der Waals surface area contributed by atoms with Gasteiger partial charge in [0.2, 0.25) is 0 Å². The molecule has 0 N–H and O–H groups in total. The van der Waals surface area contributed by atoms with Crippen LogP contribution in [0.1, 0.15) is 18.6 Å². The molecule has 0 aliphatic carbocycles. The van der Waals surface area contributed by atoms with Gasteiger partial charge in [-0.15, -0.1) is 0 Å². The molecule has 0 aliphatic heterocycles. The summed E-state index contributed by atoms with van der Waals surface area (Å²) < 4.78 is 17.5. The normalized spacial score (nSPS) is 13.7. The Morgan fingerprint density at radius 3 is 2.56 bits per heavy atom. The van der Waals surface area contributed by atoms with Gasteiger partial charge in [-0.3, -0.25) is 9.59 Å². The third-order valence-electron chi connectivity index (χ3n) is 2.27. The molecule has 0 spiro atoms. The Bertz CT molecular complexity index is 376. The first-order valence-electron chi connectivity index (χ1n) is 5.48. The number of ketones is 1. The number of carbonyl (C=O) groups excluding carboxylic acids is 2. The summed E-state index contributed by atoms with van der Waals surface area (Å²) in [7, 11) is 0. The van der Waals surface area contributed by atoms with Gasteiger partial charge in [0, 0.05) is 12.8 Å². The molecule has 0 heterocycles. The van der Waals surface area contributed by atoms with Crippen LogP contribution in [0.3, 0.4) is 0 Å². The molecular formula is C14H14FO3. The van der Waals surface area contributed by atoms with Crippen molar-refractivity contribution in [2.24, 2.45) is 0 Å². The summed E-state index contributed by atoms with van der Waals surface area (Å²) in [6.45, 7) is 1.50. The summed E-state index contributed by atoms with van der Waals surface area (Å²) in [5.41, 5.74) is 0.773. The molecule has 0 saturated heterocycles. The largest absolute Gasteiger partial charge is 0.459 e. The van der Waals surface area contributed by atoms with Crippen LogP contribution in [0.25, 0.3) is 0 Å². The van der Waals surface area contributed by atoms with Crippen LogP contribution >= 0.6 is 0 Å². The molecule has 1 aromatic carbocycles. The van der Waals surface area contributed by atoms with Crippen molar-refractivity contribution in [2.75, 3.05) is 0 Å². The van der Waals surface area contributed by atoms with Crippen LogP contribution < -0.4 is 0 Å². The molecule has 1 rings (SSSR count). The van der Waals surface area contributed by atoms with Gasteiger partial charge in [0.1, 0.15) is 6.10 Å². The average molecular weight is 249 g/mol. The van der Waals surface area contributed by atoms with Crippen molar-refractivity contribution in [1.29, 1.82) is 0 Å². The van der Waals surface area contributed by atoms with Gasteiger partial charge < -0.3 is 4.74 Å². The molecule has 0 fully saturated rings. The van der Waals surface area contributed by atoms with E-state index in [9.17, 15) is 14.0 Å². The van der Waals surface area contributed by atoms with Crippen LogP contribution in [0.5, 0.6) is 0 Å². The van der Waals surface area contributed by atoms with E-state index in [0.717, 1.165) is 12.0 Å². The first kappa shape index (κ1) is 14.4. The topological polar surface area (TPSA) is 43.4 Å². The SMILES string of the molecule is C[C@@H](F)C(=O)[CH][CH][CH][C@H](OC=O)c1ccccc1. The van der Waals surface area contributed by atoms with Crippen LogP contribution in [0.2, 0.25) is 0 Å². The molecule has 95 valence electrons. The van der Waals surface area contributed by atoms with E-state index >= 15 is 0 Å². The van der Waals surface area contributed by atoms with Gasteiger partial charge in [-0.25, -0.2) is 4.39 Å². The third-order valence-corrected chi connectivity index (χ3v) is 2.27. The van der Waals surface area contributed by atoms with Gasteiger partial charge in [-0.1, -0.05) is 30.3 Å². The minimum absolute atomic E-state index is 0.335. The van der Waals surface area contributed by atoms with E-state index in [1.807, 2.05) is 18.2 Å². The molecular weight excluding hydrogens is 235 g/mol. The smallest absolute Gasteiger partial charge is 0.293 e. The van der Waals surface area contributed by atoms with E-state index in [4.69, 9.17) is 4.74 Å². The highest BCUT2D eigenvalue weighted by Crippen LogP contribution is 2.21. The second-order valence-electron chi connectivity index (χ2n) is 3.63. The van der Waals surface area contributed by atoms with Gasteiger partial charge in [0.25, 0.3) is 6.47 Å². The Morgan fingerprint density at radius 1 is 1.33 bits per heavy atom. The summed E-state index contributed by atoms with van der Waals surface area (Å²) >= 11 is 0. The fraction of sp³-hybridized carbons (Fsp3) is 0.214. The molecule has 18 heavy (non-hydrogen) atoms. The monoisotopic (exact) mass is 249 g/mol. The fourth-order valence-corrected chi connectivity index (χ4v) is 1.32. The van der Waals surface area contributed by atoms with Crippen molar-refractivity contribution < 1.29 is 18.7 Å². The zero-order valence-electron chi connectivity index (χ0n) is 9.95. The van der Waals surface area contributed by atoms with Crippen molar-refractivity contribution in [3.8, 4) is 0 Å². The maximum Gasteiger partial charge on any atom is 0.293 e. The number of halogens is 1. The molecule has 3 nitrogen and oxygen atoms in total. The van der Waals surface area contributed by atoms with Crippen LogP contribution in [-0.4, -0.2) is 18.4 Å². The Morgan fingerprint density at radius 2 is 2.00 bits per heavy atom. The van der Waals surface area contributed by atoms with Gasteiger partial charge in [-0.05, 0) is 18.9 Å². The van der Waals surface area contributed by atoms with Crippen LogP contribution in [0.4, 0.5) is 4.39 Å². The molecule has 0 aromatic heterocycles. The lowest BCUT2D eigenvalue weighted by atomic mass is 10.0. The highest BCUT2D eigenvalue weighted by Gasteiger charge is 2.16. The molecule has 0 unspecified atom stereocenters. The number of alkyl halides is 1.